The molecule has 1 aliphatic rings. The van der Waals surface area contributed by atoms with Gasteiger partial charge in [0, 0.05) is 23.4 Å². The molecule has 0 saturated carbocycles. The van der Waals surface area contributed by atoms with Crippen LogP contribution in [0.2, 0.25) is 5.02 Å². The number of hydrogen-bond acceptors (Lipinski definition) is 3. The van der Waals surface area contributed by atoms with Crippen LogP contribution >= 0.6 is 22.9 Å². The summed E-state index contributed by atoms with van der Waals surface area (Å²) in [6.07, 6.45) is 2.28. The molecule has 2 nitrogen and oxygen atoms in total. The largest absolute Gasteiger partial charge is 0.381 e. The van der Waals surface area contributed by atoms with Crippen molar-refractivity contribution in [3.63, 3.8) is 0 Å². The molecular formula is C13H20ClNOS. The van der Waals surface area contributed by atoms with Gasteiger partial charge < -0.3 is 10.1 Å². The van der Waals surface area contributed by atoms with E-state index in [1.165, 1.54) is 10.4 Å². The maximum absolute atomic E-state index is 6.39. The van der Waals surface area contributed by atoms with E-state index in [-0.39, 0.29) is 0 Å². The van der Waals surface area contributed by atoms with Crippen molar-refractivity contribution in [2.24, 2.45) is 5.92 Å². The summed E-state index contributed by atoms with van der Waals surface area (Å²) in [5.41, 5.74) is 1.19. The summed E-state index contributed by atoms with van der Waals surface area (Å²) in [5.74, 6) is 0.567. The molecule has 17 heavy (non-hydrogen) atoms. The molecule has 0 spiro atoms. The fraction of sp³-hybridized carbons (Fsp3) is 0.692. The van der Waals surface area contributed by atoms with E-state index < -0.39 is 0 Å². The van der Waals surface area contributed by atoms with Crippen LogP contribution in [0, 0.1) is 12.8 Å². The molecule has 1 fully saturated rings. The van der Waals surface area contributed by atoms with Crippen molar-refractivity contribution in [1.29, 1.82) is 0 Å². The fourth-order valence-corrected chi connectivity index (χ4v) is 3.73. The van der Waals surface area contributed by atoms with E-state index >= 15 is 0 Å². The molecule has 1 saturated heterocycles. The lowest BCUT2D eigenvalue weighted by atomic mass is 9.97. The lowest BCUT2D eigenvalue weighted by molar-refractivity contribution is 0.177. The highest BCUT2D eigenvalue weighted by Crippen LogP contribution is 2.38. The van der Waals surface area contributed by atoms with Gasteiger partial charge in [0.1, 0.15) is 0 Å². The minimum atomic E-state index is 0.364. The van der Waals surface area contributed by atoms with Gasteiger partial charge in [0.25, 0.3) is 0 Å². The lowest BCUT2D eigenvalue weighted by Crippen LogP contribution is -2.29. The Morgan fingerprint density at radius 2 is 2.47 bits per heavy atom. The van der Waals surface area contributed by atoms with Gasteiger partial charge in [-0.2, -0.15) is 0 Å². The van der Waals surface area contributed by atoms with Crippen molar-refractivity contribution in [3.05, 3.63) is 20.8 Å². The zero-order valence-electron chi connectivity index (χ0n) is 10.5. The molecule has 0 aromatic carbocycles. The van der Waals surface area contributed by atoms with E-state index in [4.69, 9.17) is 16.3 Å². The lowest BCUT2D eigenvalue weighted by Gasteiger charge is -2.23. The van der Waals surface area contributed by atoms with Gasteiger partial charge in [-0.3, -0.25) is 0 Å². The Balaban J connectivity index is 2.16. The smallest absolute Gasteiger partial charge is 0.0590 e. The van der Waals surface area contributed by atoms with Gasteiger partial charge in [-0.05, 0) is 37.3 Å². The van der Waals surface area contributed by atoms with E-state index in [0.29, 0.717) is 12.0 Å². The second kappa shape index (κ2) is 6.19. The highest BCUT2D eigenvalue weighted by atomic mass is 35.5. The zero-order chi connectivity index (χ0) is 12.3. The van der Waals surface area contributed by atoms with Gasteiger partial charge >= 0.3 is 0 Å². The molecule has 0 radical (unpaired) electrons. The first-order valence-electron chi connectivity index (χ1n) is 6.28. The van der Waals surface area contributed by atoms with E-state index in [0.717, 1.165) is 37.6 Å². The summed E-state index contributed by atoms with van der Waals surface area (Å²) in [4.78, 5) is 1.29. The molecule has 2 heterocycles. The number of hydrogen-bond donors (Lipinski definition) is 1. The Morgan fingerprint density at radius 1 is 1.65 bits per heavy atom. The monoisotopic (exact) mass is 273 g/mol. The minimum Gasteiger partial charge on any atom is -0.381 e. The van der Waals surface area contributed by atoms with Crippen LogP contribution in [-0.2, 0) is 4.74 Å². The third-order valence-electron chi connectivity index (χ3n) is 3.26. The quantitative estimate of drug-likeness (QED) is 0.881. The molecule has 2 rings (SSSR count). The number of aryl methyl sites for hydroxylation is 1. The van der Waals surface area contributed by atoms with Crippen LogP contribution in [0.4, 0.5) is 0 Å². The average molecular weight is 274 g/mol. The minimum absolute atomic E-state index is 0.364. The summed E-state index contributed by atoms with van der Waals surface area (Å²) in [7, 11) is 0. The second-order valence-corrected chi connectivity index (χ2v) is 5.94. The maximum atomic E-state index is 6.39. The van der Waals surface area contributed by atoms with E-state index in [9.17, 15) is 0 Å². The van der Waals surface area contributed by atoms with Gasteiger partial charge in [-0.15, -0.1) is 11.3 Å². The van der Waals surface area contributed by atoms with Crippen molar-refractivity contribution in [2.75, 3.05) is 19.8 Å². The second-order valence-electron chi connectivity index (χ2n) is 4.65. The number of halogens is 1. The molecular weight excluding hydrogens is 254 g/mol. The first-order valence-corrected chi connectivity index (χ1v) is 7.54. The summed E-state index contributed by atoms with van der Waals surface area (Å²) in [6, 6.07) is 0.364. The Hall–Kier alpha value is -0.0900. The Kier molecular flexibility index (Phi) is 4.86. The number of thiophene rings is 1. The summed E-state index contributed by atoms with van der Waals surface area (Å²) in [5, 5.41) is 6.71. The first-order chi connectivity index (χ1) is 8.24. The van der Waals surface area contributed by atoms with Crippen molar-refractivity contribution in [1.82, 2.24) is 5.32 Å². The molecule has 2 unspecified atom stereocenters. The Labute approximate surface area is 112 Å². The molecule has 1 N–H and O–H groups in total. The van der Waals surface area contributed by atoms with Gasteiger partial charge in [-0.1, -0.05) is 18.5 Å². The van der Waals surface area contributed by atoms with E-state index in [1.54, 1.807) is 11.3 Å². The van der Waals surface area contributed by atoms with Gasteiger partial charge in [0.2, 0.25) is 0 Å². The third kappa shape index (κ3) is 3.02. The van der Waals surface area contributed by atoms with Crippen LogP contribution in [0.3, 0.4) is 0 Å². The first kappa shape index (κ1) is 13.3. The van der Waals surface area contributed by atoms with Crippen molar-refractivity contribution >= 4 is 22.9 Å². The summed E-state index contributed by atoms with van der Waals surface area (Å²) < 4.78 is 5.51. The Bertz CT molecular complexity index is 360. The normalized spacial score (nSPS) is 21.9. The van der Waals surface area contributed by atoms with Crippen LogP contribution in [0.25, 0.3) is 0 Å². The van der Waals surface area contributed by atoms with Gasteiger partial charge in [-0.25, -0.2) is 0 Å². The Morgan fingerprint density at radius 3 is 3.00 bits per heavy atom. The van der Waals surface area contributed by atoms with Crippen molar-refractivity contribution in [3.8, 4) is 0 Å². The number of nitrogens with one attached hydrogen (secondary N) is 1. The maximum Gasteiger partial charge on any atom is 0.0590 e. The molecule has 2 atom stereocenters. The fourth-order valence-electron chi connectivity index (χ4n) is 2.25. The molecule has 0 aliphatic carbocycles. The van der Waals surface area contributed by atoms with E-state index in [1.807, 2.05) is 0 Å². The number of rotatable bonds is 5. The average Bonchev–Trinajstić information content (AvgIpc) is 2.94. The molecule has 0 bridgehead atoms. The molecule has 0 amide bonds. The van der Waals surface area contributed by atoms with Crippen LogP contribution < -0.4 is 5.32 Å². The topological polar surface area (TPSA) is 21.3 Å². The number of ether oxygens (including phenoxy) is 1. The zero-order valence-corrected chi connectivity index (χ0v) is 12.0. The van der Waals surface area contributed by atoms with Crippen molar-refractivity contribution in [2.45, 2.75) is 32.7 Å². The molecule has 1 aromatic heterocycles. The van der Waals surface area contributed by atoms with Gasteiger partial charge in [0.15, 0.2) is 0 Å². The van der Waals surface area contributed by atoms with Crippen LogP contribution in [0.1, 0.15) is 36.2 Å². The predicted octanol–water partition coefficient (Wildman–Crippen LogP) is 3.79. The molecule has 1 aliphatic heterocycles. The van der Waals surface area contributed by atoms with Crippen LogP contribution in [0.15, 0.2) is 5.38 Å². The van der Waals surface area contributed by atoms with Gasteiger partial charge in [0.05, 0.1) is 11.6 Å². The SMILES string of the molecule is CCCNC(c1scc(C)c1Cl)C1CCOC1. The van der Waals surface area contributed by atoms with Crippen LogP contribution in [0.5, 0.6) is 0 Å². The third-order valence-corrected chi connectivity index (χ3v) is 5.06. The molecule has 4 heteroatoms. The predicted molar refractivity (Wildman–Crippen MR) is 74.0 cm³/mol. The van der Waals surface area contributed by atoms with E-state index in [2.05, 4.69) is 24.5 Å². The highest BCUT2D eigenvalue weighted by molar-refractivity contribution is 7.10. The standard InChI is InChI=1S/C13H20ClNOS/c1-3-5-15-12(10-4-6-16-7-10)13-11(14)9(2)8-17-13/h8,10,12,15H,3-7H2,1-2H3. The molecule has 96 valence electrons. The summed E-state index contributed by atoms with van der Waals surface area (Å²) >= 11 is 8.16. The van der Waals surface area contributed by atoms with Crippen molar-refractivity contribution < 1.29 is 4.74 Å². The highest BCUT2D eigenvalue weighted by Gasteiger charge is 2.29. The summed E-state index contributed by atoms with van der Waals surface area (Å²) in [6.45, 7) is 7.04. The molecule has 1 aromatic rings. The van der Waals surface area contributed by atoms with Crippen LogP contribution in [-0.4, -0.2) is 19.8 Å².